The fourth-order valence-corrected chi connectivity index (χ4v) is 2.13. The summed E-state index contributed by atoms with van der Waals surface area (Å²) in [6, 6.07) is 2.05. The van der Waals surface area contributed by atoms with Crippen LogP contribution in [0.15, 0.2) is 6.07 Å². The van der Waals surface area contributed by atoms with Crippen molar-refractivity contribution in [3.8, 4) is 0 Å². The number of hydrogen-bond donors (Lipinski definition) is 2. The van der Waals surface area contributed by atoms with E-state index in [1.54, 1.807) is 7.11 Å². The van der Waals surface area contributed by atoms with Crippen LogP contribution >= 0.6 is 0 Å². The molecule has 6 heteroatoms. The SMILES string of the molecule is COCCNc1nc(C)cc(N2CCCNCC2)n1. The molecule has 0 aliphatic carbocycles. The predicted octanol–water partition coefficient (Wildman–Crippen LogP) is 0.643. The van der Waals surface area contributed by atoms with E-state index in [2.05, 4.69) is 25.5 Å². The highest BCUT2D eigenvalue weighted by Crippen LogP contribution is 2.15. The predicted molar refractivity (Wildman–Crippen MR) is 76.8 cm³/mol. The molecule has 1 fully saturated rings. The molecule has 106 valence electrons. The van der Waals surface area contributed by atoms with E-state index in [1.165, 1.54) is 0 Å². The third kappa shape index (κ3) is 4.33. The minimum atomic E-state index is 0.653. The average molecular weight is 265 g/mol. The highest BCUT2D eigenvalue weighted by Gasteiger charge is 2.12. The summed E-state index contributed by atoms with van der Waals surface area (Å²) in [4.78, 5) is 11.3. The Labute approximate surface area is 114 Å². The molecule has 0 aromatic carbocycles. The fourth-order valence-electron chi connectivity index (χ4n) is 2.13. The van der Waals surface area contributed by atoms with Gasteiger partial charge in [-0.15, -0.1) is 0 Å². The van der Waals surface area contributed by atoms with E-state index in [0.29, 0.717) is 12.6 Å². The van der Waals surface area contributed by atoms with Crippen molar-refractivity contribution in [1.29, 1.82) is 0 Å². The van der Waals surface area contributed by atoms with Gasteiger partial charge in [0.05, 0.1) is 6.61 Å². The number of aromatic nitrogens is 2. The van der Waals surface area contributed by atoms with E-state index in [-0.39, 0.29) is 0 Å². The highest BCUT2D eigenvalue weighted by molar-refractivity contribution is 5.45. The topological polar surface area (TPSA) is 62.3 Å². The zero-order chi connectivity index (χ0) is 13.5. The Balaban J connectivity index is 2.06. The Morgan fingerprint density at radius 2 is 2.26 bits per heavy atom. The summed E-state index contributed by atoms with van der Waals surface area (Å²) in [6.07, 6.45) is 1.15. The lowest BCUT2D eigenvalue weighted by atomic mass is 10.3. The van der Waals surface area contributed by atoms with Gasteiger partial charge in [-0.2, -0.15) is 4.98 Å². The monoisotopic (exact) mass is 265 g/mol. The van der Waals surface area contributed by atoms with Gasteiger partial charge in [0.15, 0.2) is 0 Å². The molecule has 6 nitrogen and oxygen atoms in total. The largest absolute Gasteiger partial charge is 0.383 e. The van der Waals surface area contributed by atoms with E-state index >= 15 is 0 Å². The number of hydrogen-bond acceptors (Lipinski definition) is 6. The quantitative estimate of drug-likeness (QED) is 0.762. The zero-order valence-corrected chi connectivity index (χ0v) is 11.8. The number of aryl methyl sites for hydroxylation is 1. The van der Waals surface area contributed by atoms with Gasteiger partial charge in [-0.05, 0) is 19.9 Å². The van der Waals surface area contributed by atoms with Crippen LogP contribution in [0.1, 0.15) is 12.1 Å². The molecular weight excluding hydrogens is 242 g/mol. The van der Waals surface area contributed by atoms with Crippen LogP contribution in [0.4, 0.5) is 11.8 Å². The van der Waals surface area contributed by atoms with Gasteiger partial charge in [0.2, 0.25) is 5.95 Å². The Morgan fingerprint density at radius 1 is 1.37 bits per heavy atom. The normalized spacial score (nSPS) is 16.2. The Hall–Kier alpha value is -1.40. The van der Waals surface area contributed by atoms with Crippen LogP contribution < -0.4 is 15.5 Å². The van der Waals surface area contributed by atoms with Gasteiger partial charge in [-0.25, -0.2) is 4.98 Å². The molecule has 0 atom stereocenters. The van der Waals surface area contributed by atoms with Gasteiger partial charge in [0.25, 0.3) is 0 Å². The van der Waals surface area contributed by atoms with Gasteiger partial charge in [-0.1, -0.05) is 0 Å². The third-order valence-corrected chi connectivity index (χ3v) is 3.09. The summed E-state index contributed by atoms with van der Waals surface area (Å²) in [6.45, 7) is 7.51. The maximum atomic E-state index is 5.02. The van der Waals surface area contributed by atoms with Gasteiger partial charge < -0.3 is 20.3 Å². The molecule has 0 amide bonds. The molecule has 2 heterocycles. The second-order valence-corrected chi connectivity index (χ2v) is 4.70. The summed E-state index contributed by atoms with van der Waals surface area (Å²) in [5, 5.41) is 6.59. The standard InChI is InChI=1S/C13H23N5O/c1-11-10-12(18-7-3-4-14-5-8-18)17-13(16-11)15-6-9-19-2/h10,14H,3-9H2,1-2H3,(H,15,16,17). The Morgan fingerprint density at radius 3 is 3.11 bits per heavy atom. The molecule has 0 unspecified atom stereocenters. The number of anilines is 2. The first-order valence-corrected chi connectivity index (χ1v) is 6.84. The van der Waals surface area contributed by atoms with Crippen molar-refractivity contribution in [3.63, 3.8) is 0 Å². The van der Waals surface area contributed by atoms with Crippen LogP contribution in [0.25, 0.3) is 0 Å². The van der Waals surface area contributed by atoms with Crippen LogP contribution in [0.3, 0.4) is 0 Å². The van der Waals surface area contributed by atoms with Crippen molar-refractivity contribution in [1.82, 2.24) is 15.3 Å². The van der Waals surface area contributed by atoms with Gasteiger partial charge in [0.1, 0.15) is 5.82 Å². The lowest BCUT2D eigenvalue weighted by Crippen LogP contribution is -2.29. The Kier molecular flexibility index (Phi) is 5.35. The number of methoxy groups -OCH3 is 1. The van der Waals surface area contributed by atoms with Crippen LogP contribution in [0.2, 0.25) is 0 Å². The molecule has 1 saturated heterocycles. The van der Waals surface area contributed by atoms with Gasteiger partial charge in [-0.3, -0.25) is 0 Å². The molecule has 1 aromatic rings. The number of rotatable bonds is 5. The fraction of sp³-hybridized carbons (Fsp3) is 0.692. The highest BCUT2D eigenvalue weighted by atomic mass is 16.5. The van der Waals surface area contributed by atoms with Crippen molar-refractivity contribution in [2.75, 3.05) is 56.7 Å². The molecule has 0 radical (unpaired) electrons. The van der Waals surface area contributed by atoms with Crippen molar-refractivity contribution in [2.24, 2.45) is 0 Å². The summed E-state index contributed by atoms with van der Waals surface area (Å²) in [5.74, 6) is 1.69. The summed E-state index contributed by atoms with van der Waals surface area (Å²) in [7, 11) is 1.69. The maximum Gasteiger partial charge on any atom is 0.224 e. The first kappa shape index (κ1) is 14.0. The number of ether oxygens (including phenoxy) is 1. The average Bonchev–Trinajstić information content (AvgIpc) is 2.67. The Bertz CT molecular complexity index is 391. The van der Waals surface area contributed by atoms with E-state index in [9.17, 15) is 0 Å². The second-order valence-electron chi connectivity index (χ2n) is 4.70. The minimum absolute atomic E-state index is 0.653. The number of nitrogens with zero attached hydrogens (tertiary/aromatic N) is 3. The minimum Gasteiger partial charge on any atom is -0.383 e. The zero-order valence-electron chi connectivity index (χ0n) is 11.8. The van der Waals surface area contributed by atoms with Crippen molar-refractivity contribution in [3.05, 3.63) is 11.8 Å². The third-order valence-electron chi connectivity index (χ3n) is 3.09. The molecule has 1 aromatic heterocycles. The smallest absolute Gasteiger partial charge is 0.224 e. The molecule has 2 rings (SSSR count). The lowest BCUT2D eigenvalue weighted by molar-refractivity contribution is 0.210. The number of nitrogens with one attached hydrogen (secondary N) is 2. The van der Waals surface area contributed by atoms with Gasteiger partial charge >= 0.3 is 0 Å². The summed E-state index contributed by atoms with van der Waals surface area (Å²) in [5.41, 5.74) is 0.988. The summed E-state index contributed by atoms with van der Waals surface area (Å²) < 4.78 is 5.02. The first-order valence-electron chi connectivity index (χ1n) is 6.84. The van der Waals surface area contributed by atoms with Crippen LogP contribution in [-0.4, -0.2) is 56.4 Å². The van der Waals surface area contributed by atoms with E-state index in [4.69, 9.17) is 4.74 Å². The van der Waals surface area contributed by atoms with Crippen molar-refractivity contribution in [2.45, 2.75) is 13.3 Å². The molecule has 0 spiro atoms. The van der Waals surface area contributed by atoms with Crippen LogP contribution in [0, 0.1) is 6.92 Å². The molecule has 1 aliphatic rings. The molecule has 19 heavy (non-hydrogen) atoms. The second kappa shape index (κ2) is 7.25. The van der Waals surface area contributed by atoms with E-state index in [1.807, 2.05) is 13.0 Å². The van der Waals surface area contributed by atoms with Gasteiger partial charge in [0, 0.05) is 45.0 Å². The van der Waals surface area contributed by atoms with E-state index in [0.717, 1.165) is 50.7 Å². The maximum absolute atomic E-state index is 5.02. The molecule has 0 bridgehead atoms. The molecule has 1 aliphatic heterocycles. The van der Waals surface area contributed by atoms with Crippen LogP contribution in [0.5, 0.6) is 0 Å². The van der Waals surface area contributed by atoms with Crippen LogP contribution in [-0.2, 0) is 4.74 Å². The molecule has 0 saturated carbocycles. The summed E-state index contributed by atoms with van der Waals surface area (Å²) >= 11 is 0. The molecular formula is C13H23N5O. The van der Waals surface area contributed by atoms with Crippen molar-refractivity contribution < 1.29 is 4.74 Å². The first-order chi connectivity index (χ1) is 9.29. The molecule has 2 N–H and O–H groups in total. The van der Waals surface area contributed by atoms with Crippen molar-refractivity contribution >= 4 is 11.8 Å². The van der Waals surface area contributed by atoms with E-state index < -0.39 is 0 Å². The lowest BCUT2D eigenvalue weighted by Gasteiger charge is -2.21.